The summed E-state index contributed by atoms with van der Waals surface area (Å²) in [6.07, 6.45) is 5.39. The van der Waals surface area contributed by atoms with Crippen LogP contribution in [0, 0.1) is 12.8 Å². The largest absolute Gasteiger partial charge is 0.326 e. The Balaban J connectivity index is 2.25. The van der Waals surface area contributed by atoms with Crippen LogP contribution in [0.2, 0.25) is 0 Å². The molecule has 5 heteroatoms. The molecule has 2 unspecified atom stereocenters. The molecule has 1 saturated carbocycles. The van der Waals surface area contributed by atoms with E-state index in [0.29, 0.717) is 17.4 Å². The number of rotatable bonds is 5. The van der Waals surface area contributed by atoms with E-state index in [1.54, 1.807) is 6.07 Å². The second kappa shape index (κ2) is 6.90. The monoisotopic (exact) mass is 310 g/mol. The molecule has 1 aromatic rings. The predicted molar refractivity (Wildman–Crippen MR) is 85.4 cm³/mol. The van der Waals surface area contributed by atoms with Crippen LogP contribution in [0.5, 0.6) is 0 Å². The lowest BCUT2D eigenvalue weighted by atomic mass is 9.83. The second-order valence-corrected chi connectivity index (χ2v) is 7.67. The van der Waals surface area contributed by atoms with Crippen LogP contribution in [-0.4, -0.2) is 14.5 Å². The lowest BCUT2D eigenvalue weighted by Crippen LogP contribution is -2.42. The zero-order valence-corrected chi connectivity index (χ0v) is 13.7. The molecule has 0 amide bonds. The Morgan fingerprint density at radius 1 is 1.29 bits per heavy atom. The van der Waals surface area contributed by atoms with Gasteiger partial charge >= 0.3 is 0 Å². The molecule has 3 N–H and O–H groups in total. The average molecular weight is 310 g/mol. The van der Waals surface area contributed by atoms with E-state index in [4.69, 9.17) is 5.73 Å². The molecule has 2 atom stereocenters. The van der Waals surface area contributed by atoms with Crippen molar-refractivity contribution in [2.24, 2.45) is 11.7 Å². The minimum atomic E-state index is -3.47. The van der Waals surface area contributed by atoms with Crippen molar-refractivity contribution in [1.29, 1.82) is 0 Å². The number of benzene rings is 1. The van der Waals surface area contributed by atoms with Crippen LogP contribution in [0.25, 0.3) is 0 Å². The maximum atomic E-state index is 12.7. The first-order chi connectivity index (χ1) is 9.97. The first kappa shape index (κ1) is 16.5. The summed E-state index contributed by atoms with van der Waals surface area (Å²) in [5, 5.41) is 0. The minimum absolute atomic E-state index is 0.0645. The van der Waals surface area contributed by atoms with Crippen molar-refractivity contribution in [3.63, 3.8) is 0 Å². The highest BCUT2D eigenvalue weighted by molar-refractivity contribution is 7.89. The van der Waals surface area contributed by atoms with E-state index in [0.717, 1.165) is 36.8 Å². The lowest BCUT2D eigenvalue weighted by molar-refractivity contribution is 0.282. The summed E-state index contributed by atoms with van der Waals surface area (Å²) in [5.74, 6) is 0.450. The predicted octanol–water partition coefficient (Wildman–Crippen LogP) is 2.70. The van der Waals surface area contributed by atoms with Gasteiger partial charge in [-0.1, -0.05) is 38.3 Å². The van der Waals surface area contributed by atoms with E-state index in [1.807, 2.05) is 19.1 Å². The Bertz CT molecular complexity index is 584. The van der Waals surface area contributed by atoms with Crippen molar-refractivity contribution in [2.75, 3.05) is 0 Å². The fourth-order valence-corrected chi connectivity index (χ4v) is 4.81. The third-order valence-electron chi connectivity index (χ3n) is 4.52. The maximum Gasteiger partial charge on any atom is 0.241 e. The zero-order valence-electron chi connectivity index (χ0n) is 12.9. The van der Waals surface area contributed by atoms with Crippen molar-refractivity contribution < 1.29 is 8.42 Å². The number of nitrogens with one attached hydrogen (secondary N) is 1. The van der Waals surface area contributed by atoms with E-state index < -0.39 is 10.0 Å². The summed E-state index contributed by atoms with van der Waals surface area (Å²) in [7, 11) is -3.47. The molecule has 1 fully saturated rings. The van der Waals surface area contributed by atoms with Crippen molar-refractivity contribution >= 4 is 10.0 Å². The van der Waals surface area contributed by atoms with E-state index in [-0.39, 0.29) is 6.04 Å². The smallest absolute Gasteiger partial charge is 0.241 e. The molecule has 1 aromatic carbocycles. The molecule has 0 heterocycles. The van der Waals surface area contributed by atoms with E-state index in [9.17, 15) is 8.42 Å². The van der Waals surface area contributed by atoms with Gasteiger partial charge in [-0.2, -0.15) is 0 Å². The standard InChI is InChI=1S/C16H26N2O2S/c1-3-14-6-4-5-7-15(14)18-21(19,20)16-10-13(11-17)9-8-12(16)2/h8-10,14-15,18H,3-7,11,17H2,1-2H3. The molecular formula is C16H26N2O2S. The molecule has 0 radical (unpaired) electrons. The Morgan fingerprint density at radius 3 is 2.67 bits per heavy atom. The number of nitrogens with two attached hydrogens (primary N) is 1. The fourth-order valence-electron chi connectivity index (χ4n) is 3.18. The van der Waals surface area contributed by atoms with Crippen LogP contribution in [-0.2, 0) is 16.6 Å². The van der Waals surface area contributed by atoms with Gasteiger partial charge in [0.15, 0.2) is 0 Å². The van der Waals surface area contributed by atoms with Crippen molar-refractivity contribution in [1.82, 2.24) is 4.72 Å². The molecule has 118 valence electrons. The molecule has 1 aliphatic carbocycles. The summed E-state index contributed by atoms with van der Waals surface area (Å²) in [5.41, 5.74) is 7.24. The highest BCUT2D eigenvalue weighted by Gasteiger charge is 2.29. The highest BCUT2D eigenvalue weighted by Crippen LogP contribution is 2.28. The zero-order chi connectivity index (χ0) is 15.5. The van der Waals surface area contributed by atoms with Gasteiger partial charge < -0.3 is 5.73 Å². The Morgan fingerprint density at radius 2 is 2.00 bits per heavy atom. The van der Waals surface area contributed by atoms with Crippen molar-refractivity contribution in [3.8, 4) is 0 Å². The van der Waals surface area contributed by atoms with Crippen LogP contribution in [0.15, 0.2) is 23.1 Å². The molecular weight excluding hydrogens is 284 g/mol. The van der Waals surface area contributed by atoms with Gasteiger partial charge in [0.05, 0.1) is 4.90 Å². The topological polar surface area (TPSA) is 72.2 Å². The molecule has 0 aliphatic heterocycles. The Labute approximate surface area is 128 Å². The van der Waals surface area contributed by atoms with Crippen molar-refractivity contribution in [3.05, 3.63) is 29.3 Å². The molecule has 1 aliphatic rings. The van der Waals surface area contributed by atoms with Crippen LogP contribution in [0.1, 0.15) is 50.2 Å². The highest BCUT2D eigenvalue weighted by atomic mass is 32.2. The summed E-state index contributed by atoms with van der Waals surface area (Å²) >= 11 is 0. The Kier molecular flexibility index (Phi) is 5.41. The van der Waals surface area contributed by atoms with Gasteiger partial charge in [-0.3, -0.25) is 0 Å². The van der Waals surface area contributed by atoms with Gasteiger partial charge in [0.25, 0.3) is 0 Å². The van der Waals surface area contributed by atoms with Gasteiger partial charge in [-0.15, -0.1) is 0 Å². The average Bonchev–Trinajstić information content (AvgIpc) is 2.47. The normalized spacial score (nSPS) is 23.2. The van der Waals surface area contributed by atoms with Crippen LogP contribution in [0.3, 0.4) is 0 Å². The van der Waals surface area contributed by atoms with E-state index in [2.05, 4.69) is 11.6 Å². The molecule has 21 heavy (non-hydrogen) atoms. The minimum Gasteiger partial charge on any atom is -0.326 e. The SMILES string of the molecule is CCC1CCCCC1NS(=O)(=O)c1cc(CN)ccc1C. The Hall–Kier alpha value is -0.910. The third-order valence-corrected chi connectivity index (χ3v) is 6.15. The second-order valence-electron chi connectivity index (χ2n) is 5.98. The van der Waals surface area contributed by atoms with Gasteiger partial charge in [0.2, 0.25) is 10.0 Å². The van der Waals surface area contributed by atoms with Gasteiger partial charge in [0.1, 0.15) is 0 Å². The molecule has 0 spiro atoms. The first-order valence-electron chi connectivity index (χ1n) is 7.80. The lowest BCUT2D eigenvalue weighted by Gasteiger charge is -2.31. The van der Waals surface area contributed by atoms with E-state index in [1.165, 1.54) is 6.42 Å². The molecule has 0 bridgehead atoms. The third kappa shape index (κ3) is 3.84. The number of sulfonamides is 1. The molecule has 2 rings (SSSR count). The van der Waals surface area contributed by atoms with Gasteiger partial charge in [-0.25, -0.2) is 13.1 Å². The summed E-state index contributed by atoms with van der Waals surface area (Å²) in [6.45, 7) is 4.31. The fraction of sp³-hybridized carbons (Fsp3) is 0.625. The maximum absolute atomic E-state index is 12.7. The number of aryl methyl sites for hydroxylation is 1. The number of hydrogen-bond donors (Lipinski definition) is 2. The van der Waals surface area contributed by atoms with Crippen LogP contribution >= 0.6 is 0 Å². The summed E-state index contributed by atoms with van der Waals surface area (Å²) in [4.78, 5) is 0.367. The quantitative estimate of drug-likeness (QED) is 0.878. The first-order valence-corrected chi connectivity index (χ1v) is 9.28. The molecule has 0 saturated heterocycles. The van der Waals surface area contributed by atoms with Gasteiger partial charge in [0, 0.05) is 12.6 Å². The molecule has 0 aromatic heterocycles. The van der Waals surface area contributed by atoms with Gasteiger partial charge in [-0.05, 0) is 42.9 Å². The summed E-state index contributed by atoms with van der Waals surface area (Å²) in [6, 6.07) is 5.47. The van der Waals surface area contributed by atoms with E-state index >= 15 is 0 Å². The van der Waals surface area contributed by atoms with Crippen molar-refractivity contribution in [2.45, 2.75) is 63.4 Å². The van der Waals surface area contributed by atoms with Crippen LogP contribution < -0.4 is 10.5 Å². The summed E-state index contributed by atoms with van der Waals surface area (Å²) < 4.78 is 28.3. The molecule has 4 nitrogen and oxygen atoms in total. The number of hydrogen-bond acceptors (Lipinski definition) is 3. The van der Waals surface area contributed by atoms with Crippen LogP contribution in [0.4, 0.5) is 0 Å².